The highest BCUT2D eigenvalue weighted by Crippen LogP contribution is 2.07. The van der Waals surface area contributed by atoms with Crippen molar-refractivity contribution in [1.29, 1.82) is 5.41 Å². The molecule has 278 valence electrons. The average molecular weight is 715 g/mol. The summed E-state index contributed by atoms with van der Waals surface area (Å²) in [6.07, 6.45) is 2.46. The number of guanidine groups is 1. The largest absolute Gasteiger partial charge is 0.508 e. The van der Waals surface area contributed by atoms with E-state index in [2.05, 4.69) is 44.2 Å². The Morgan fingerprint density at radius 2 is 1.49 bits per heavy atom. The molecule has 0 aromatic heterocycles. The van der Waals surface area contributed by atoms with Gasteiger partial charge in [0, 0.05) is 19.2 Å². The summed E-state index contributed by atoms with van der Waals surface area (Å²) in [5.74, 6) is -3.64. The molecule has 17 N–H and O–H groups in total. The molecule has 2 unspecified atom stereocenters. The number of hydrogen-bond donors (Lipinski definition) is 12. The molecule has 0 bridgehead atoms. The highest BCUT2D eigenvalue weighted by Gasteiger charge is 2.23. The lowest BCUT2D eigenvalue weighted by atomic mass is 10.1. The molecular formula is C29H54N12O7S. The first-order valence-corrected chi connectivity index (χ1v) is 16.1. The van der Waals surface area contributed by atoms with Crippen LogP contribution in [-0.2, 0) is 28.8 Å². The minimum absolute atomic E-state index is 0.0498. The summed E-state index contributed by atoms with van der Waals surface area (Å²) in [5, 5.41) is 27.1. The molecule has 1 aromatic rings. The van der Waals surface area contributed by atoms with Gasteiger partial charge < -0.3 is 60.4 Å². The van der Waals surface area contributed by atoms with Gasteiger partial charge in [-0.2, -0.15) is 0 Å². The van der Waals surface area contributed by atoms with Crippen molar-refractivity contribution >= 4 is 59.5 Å². The van der Waals surface area contributed by atoms with Gasteiger partial charge in [0.15, 0.2) is 5.96 Å². The fraction of sp³-hybridized carbons (Fsp3) is 0.517. The van der Waals surface area contributed by atoms with Gasteiger partial charge >= 0.3 is 0 Å². The van der Waals surface area contributed by atoms with Crippen molar-refractivity contribution in [2.24, 2.45) is 33.7 Å². The molecule has 0 aliphatic heterocycles. The predicted octanol–water partition coefficient (Wildman–Crippen LogP) is -3.17. The molecule has 0 heterocycles. The van der Waals surface area contributed by atoms with E-state index in [1.165, 1.54) is 18.9 Å². The van der Waals surface area contributed by atoms with Crippen molar-refractivity contribution in [1.82, 2.24) is 26.6 Å². The van der Waals surface area contributed by atoms with Crippen molar-refractivity contribution in [3.05, 3.63) is 29.8 Å². The van der Waals surface area contributed by atoms with Crippen LogP contribution in [0.4, 0.5) is 0 Å². The summed E-state index contributed by atoms with van der Waals surface area (Å²) in [6, 6.07) is 5.05. The smallest absolute Gasteiger partial charge is 0.243 e. The van der Waals surface area contributed by atoms with Crippen LogP contribution in [0.3, 0.4) is 0 Å². The molecule has 49 heavy (non-hydrogen) atoms. The molecule has 1 rings (SSSR count). The van der Waals surface area contributed by atoms with Gasteiger partial charge in [-0.1, -0.05) is 24.6 Å². The molecule has 20 heteroatoms. The maximum absolute atomic E-state index is 12.3. The molecule has 0 aliphatic carbocycles. The van der Waals surface area contributed by atoms with Crippen molar-refractivity contribution in [3.63, 3.8) is 0 Å². The van der Waals surface area contributed by atoms with Gasteiger partial charge in [-0.25, -0.2) is 0 Å². The zero-order chi connectivity index (χ0) is 38.2. The van der Waals surface area contributed by atoms with Crippen LogP contribution < -0.4 is 55.3 Å². The van der Waals surface area contributed by atoms with Crippen molar-refractivity contribution in [2.45, 2.75) is 52.1 Å². The minimum Gasteiger partial charge on any atom is -0.508 e. The summed E-state index contributed by atoms with van der Waals surface area (Å²) in [5.41, 5.74) is 26.1. The number of thioether (sulfide) groups is 1. The van der Waals surface area contributed by atoms with Gasteiger partial charge in [0.2, 0.25) is 35.4 Å². The topological polar surface area (TPSA) is 349 Å². The van der Waals surface area contributed by atoms with Gasteiger partial charge in [0.05, 0.1) is 25.2 Å². The number of carbonyl (C=O) groups excluding carboxylic acids is 6. The van der Waals surface area contributed by atoms with Gasteiger partial charge in [0.25, 0.3) is 0 Å². The first-order valence-electron chi connectivity index (χ1n) is 15.0. The number of nitrogens with zero attached hydrogens (tertiary/aromatic N) is 1. The van der Waals surface area contributed by atoms with Crippen molar-refractivity contribution < 1.29 is 33.9 Å². The third kappa shape index (κ3) is 34.1. The summed E-state index contributed by atoms with van der Waals surface area (Å²) in [6.45, 7) is 5.77. The van der Waals surface area contributed by atoms with E-state index in [1.807, 2.05) is 26.1 Å². The number of primary amides is 2. The summed E-state index contributed by atoms with van der Waals surface area (Å²) < 4.78 is 0. The second-order valence-corrected chi connectivity index (χ2v) is 10.8. The Morgan fingerprint density at radius 1 is 0.939 bits per heavy atom. The van der Waals surface area contributed by atoms with E-state index in [-0.39, 0.29) is 30.4 Å². The van der Waals surface area contributed by atoms with Gasteiger partial charge in [0.1, 0.15) is 17.8 Å². The van der Waals surface area contributed by atoms with E-state index in [9.17, 15) is 28.8 Å². The lowest BCUT2D eigenvalue weighted by Gasteiger charge is -2.19. The van der Waals surface area contributed by atoms with E-state index in [0.717, 1.165) is 24.6 Å². The number of amides is 6. The zero-order valence-corrected chi connectivity index (χ0v) is 29.4. The third-order valence-corrected chi connectivity index (χ3v) is 6.27. The summed E-state index contributed by atoms with van der Waals surface area (Å²) >= 11 is 1.04. The van der Waals surface area contributed by atoms with E-state index < -0.39 is 60.6 Å². The van der Waals surface area contributed by atoms with E-state index in [4.69, 9.17) is 33.5 Å². The minimum atomic E-state index is -1.04. The number of aryl methyl sites for hydroxylation is 1. The van der Waals surface area contributed by atoms with Gasteiger partial charge in [-0.05, 0) is 51.9 Å². The Hall–Kier alpha value is -5.11. The fourth-order valence-corrected chi connectivity index (χ4v) is 3.90. The number of phenols is 1. The number of aromatic hydroxyl groups is 1. The van der Waals surface area contributed by atoms with Crippen LogP contribution in [0.25, 0.3) is 0 Å². The molecule has 0 aliphatic rings. The van der Waals surface area contributed by atoms with E-state index in [1.54, 1.807) is 12.1 Å². The molecule has 19 nitrogen and oxygen atoms in total. The zero-order valence-electron chi connectivity index (χ0n) is 28.5. The Morgan fingerprint density at radius 3 is 1.92 bits per heavy atom. The number of nitrogens with one attached hydrogen (secondary N) is 6. The molecule has 1 aromatic carbocycles. The highest BCUT2D eigenvalue weighted by atomic mass is 32.2. The highest BCUT2D eigenvalue weighted by molar-refractivity contribution is 8.00. The van der Waals surface area contributed by atoms with Crippen LogP contribution in [0.1, 0.15) is 38.7 Å². The molecule has 0 radical (unpaired) electrons. The monoisotopic (exact) mass is 714 g/mol. The van der Waals surface area contributed by atoms with Crippen LogP contribution >= 0.6 is 11.8 Å². The quantitative estimate of drug-likeness (QED) is 0.0407. The standard InChI is InChI=1S/C17H31N9O6S.C7H8O.C4H11N.CH4N2/c1-9(27)25-11(7-33-8-13(19)29)16(32)24-6-14(30)26-10(3-2-4-22-17(20)21)15(31)23-5-12(18)28;1-6-2-4-7(8)5-3-6;1-3-4-5-2;2-1-3/h10-11H,2-8H2,1H3,(H2,18,28)(H2,19,29)(H,23,31)(H,24,32)(H,25,27)(H,26,30)(H4,20,21,22);2-5,8H,1H3;5H,3-4H2,1-2H3;1H,(H3,2,3). The second-order valence-electron chi connectivity index (χ2n) is 9.81. The van der Waals surface area contributed by atoms with E-state index in [0.29, 0.717) is 12.2 Å². The summed E-state index contributed by atoms with van der Waals surface area (Å²) in [4.78, 5) is 73.7. The van der Waals surface area contributed by atoms with Crippen LogP contribution in [0.15, 0.2) is 29.3 Å². The maximum Gasteiger partial charge on any atom is 0.243 e. The first-order chi connectivity index (χ1) is 23.0. The Kier molecular flexibility index (Phi) is 31.0. The number of aliphatic imine (C=N–C) groups is 1. The van der Waals surface area contributed by atoms with Gasteiger partial charge in [-0.3, -0.25) is 39.2 Å². The number of hydrogen-bond acceptors (Lipinski definition) is 11. The molecule has 0 spiro atoms. The Balaban J connectivity index is -0.00000107. The van der Waals surface area contributed by atoms with Crippen LogP contribution in [-0.4, -0.2) is 110 Å². The SMILES string of the molecule is CC(=O)NC(CSCC(N)=O)C(=O)NCC(=O)NC(CCCN=C(N)N)C(=O)NCC(N)=O.CCCNC.Cc1ccc(O)cc1.N=CN. The maximum atomic E-state index is 12.3. The molecule has 0 saturated carbocycles. The molecule has 6 amide bonds. The van der Waals surface area contributed by atoms with Gasteiger partial charge in [-0.15, -0.1) is 11.8 Å². The van der Waals surface area contributed by atoms with E-state index >= 15 is 0 Å². The Labute approximate surface area is 291 Å². The van der Waals surface area contributed by atoms with Crippen LogP contribution in [0.5, 0.6) is 5.75 Å². The lowest BCUT2D eigenvalue weighted by Crippen LogP contribution is -2.53. The van der Waals surface area contributed by atoms with Crippen LogP contribution in [0, 0.1) is 12.3 Å². The third-order valence-electron chi connectivity index (χ3n) is 5.21. The van der Waals surface area contributed by atoms with Crippen LogP contribution in [0.2, 0.25) is 0 Å². The molecular weight excluding hydrogens is 660 g/mol. The number of nitrogens with two attached hydrogens (primary N) is 5. The lowest BCUT2D eigenvalue weighted by molar-refractivity contribution is -0.131. The molecule has 0 fully saturated rings. The summed E-state index contributed by atoms with van der Waals surface area (Å²) in [7, 11) is 1.96. The average Bonchev–Trinajstić information content (AvgIpc) is 3.02. The second kappa shape index (κ2) is 31.5. The molecule has 2 atom stereocenters. The van der Waals surface area contributed by atoms with Crippen molar-refractivity contribution in [2.75, 3.05) is 44.7 Å². The number of carbonyl (C=O) groups is 6. The first kappa shape index (κ1) is 48.3. The number of phenolic OH excluding ortho intramolecular Hbond substituents is 1. The number of benzene rings is 1. The molecule has 0 saturated heterocycles. The predicted molar refractivity (Wildman–Crippen MR) is 191 cm³/mol. The van der Waals surface area contributed by atoms with Crippen molar-refractivity contribution in [3.8, 4) is 5.75 Å². The normalized spacial score (nSPS) is 10.6. The number of rotatable bonds is 18. The fourth-order valence-electron chi connectivity index (χ4n) is 3.11. The Bertz CT molecular complexity index is 1140.